The van der Waals surface area contributed by atoms with Gasteiger partial charge in [0.1, 0.15) is 0 Å². The second kappa shape index (κ2) is 13.4. The van der Waals surface area contributed by atoms with Gasteiger partial charge in [0.2, 0.25) is 0 Å². The van der Waals surface area contributed by atoms with Crippen LogP contribution < -0.4 is 10.6 Å². The highest BCUT2D eigenvalue weighted by molar-refractivity contribution is 14.0. The first-order valence-corrected chi connectivity index (χ1v) is 9.03. The Bertz CT molecular complexity index is 446. The van der Waals surface area contributed by atoms with Crippen LogP contribution >= 0.6 is 24.0 Å². The number of unbranched alkanes of at least 4 members (excludes halogenated alkanes) is 1. The summed E-state index contributed by atoms with van der Waals surface area (Å²) < 4.78 is 0. The van der Waals surface area contributed by atoms with Gasteiger partial charge in [-0.2, -0.15) is 0 Å². The van der Waals surface area contributed by atoms with Crippen molar-refractivity contribution < 1.29 is 0 Å². The van der Waals surface area contributed by atoms with Crippen molar-refractivity contribution in [1.82, 2.24) is 20.5 Å². The molecule has 0 aliphatic carbocycles. The van der Waals surface area contributed by atoms with Gasteiger partial charge in [-0.1, -0.05) is 6.07 Å². The number of likely N-dealkylation sites (tertiary alicyclic amines) is 1. The summed E-state index contributed by atoms with van der Waals surface area (Å²) >= 11 is 0. The standard InChI is InChI=1S/C18H31N5.HI/c1-2-19-18(22-13-10-17-9-3-4-11-20-17)21-12-5-6-14-23-15-7-8-16-23;/h3-4,9,11H,2,5-8,10,12-16H2,1H3,(H2,19,21,22);1H. The highest BCUT2D eigenvalue weighted by atomic mass is 127. The Morgan fingerprint density at radius 2 is 2.04 bits per heavy atom. The lowest BCUT2D eigenvalue weighted by molar-refractivity contribution is 0.331. The van der Waals surface area contributed by atoms with Crippen LogP contribution in [0.1, 0.15) is 38.3 Å². The Balaban J connectivity index is 0.00000288. The summed E-state index contributed by atoms with van der Waals surface area (Å²) in [6, 6.07) is 6.04. The van der Waals surface area contributed by atoms with Gasteiger partial charge < -0.3 is 15.5 Å². The monoisotopic (exact) mass is 445 g/mol. The first-order chi connectivity index (χ1) is 11.4. The Morgan fingerprint density at radius 1 is 1.21 bits per heavy atom. The molecule has 0 atom stereocenters. The van der Waals surface area contributed by atoms with E-state index in [1.165, 1.54) is 38.9 Å². The summed E-state index contributed by atoms with van der Waals surface area (Å²) in [5.74, 6) is 0.921. The molecule has 0 aromatic carbocycles. The summed E-state index contributed by atoms with van der Waals surface area (Å²) in [5.41, 5.74) is 1.11. The van der Waals surface area contributed by atoms with Gasteiger partial charge in [-0.15, -0.1) is 24.0 Å². The van der Waals surface area contributed by atoms with Gasteiger partial charge in [-0.3, -0.25) is 9.98 Å². The number of aromatic nitrogens is 1. The fourth-order valence-electron chi connectivity index (χ4n) is 2.84. The van der Waals surface area contributed by atoms with E-state index in [1.54, 1.807) is 0 Å². The van der Waals surface area contributed by atoms with E-state index in [1.807, 2.05) is 18.3 Å². The molecule has 2 N–H and O–H groups in total. The third-order valence-electron chi connectivity index (χ3n) is 4.10. The van der Waals surface area contributed by atoms with Crippen molar-refractivity contribution in [2.75, 3.05) is 39.3 Å². The first-order valence-electron chi connectivity index (χ1n) is 9.03. The molecule has 0 spiro atoms. The number of rotatable bonds is 9. The molecule has 136 valence electrons. The molecule has 1 fully saturated rings. The van der Waals surface area contributed by atoms with E-state index < -0.39 is 0 Å². The number of hydrogen-bond donors (Lipinski definition) is 2. The third kappa shape index (κ3) is 8.82. The number of hydrogen-bond acceptors (Lipinski definition) is 3. The Hall–Kier alpha value is -0.890. The molecule has 2 heterocycles. The minimum atomic E-state index is 0. The van der Waals surface area contributed by atoms with E-state index in [0.29, 0.717) is 0 Å². The number of nitrogens with one attached hydrogen (secondary N) is 2. The minimum Gasteiger partial charge on any atom is -0.357 e. The van der Waals surface area contributed by atoms with E-state index in [4.69, 9.17) is 0 Å². The molecule has 6 heteroatoms. The summed E-state index contributed by atoms with van der Waals surface area (Å²) in [6.45, 7) is 8.57. The average molecular weight is 445 g/mol. The summed E-state index contributed by atoms with van der Waals surface area (Å²) in [6.07, 6.45) is 7.92. The zero-order valence-electron chi connectivity index (χ0n) is 14.8. The molecule has 1 aromatic heterocycles. The van der Waals surface area contributed by atoms with E-state index in [9.17, 15) is 0 Å². The molecule has 1 aromatic rings. The second-order valence-electron chi connectivity index (χ2n) is 6.01. The summed E-state index contributed by atoms with van der Waals surface area (Å²) in [5, 5.41) is 6.70. The van der Waals surface area contributed by atoms with Gasteiger partial charge in [0.15, 0.2) is 5.96 Å². The molecule has 1 aliphatic heterocycles. The maximum Gasteiger partial charge on any atom is 0.191 e. The van der Waals surface area contributed by atoms with Crippen LogP contribution in [0.3, 0.4) is 0 Å². The minimum absolute atomic E-state index is 0. The van der Waals surface area contributed by atoms with E-state index in [0.717, 1.165) is 44.1 Å². The maximum absolute atomic E-state index is 4.66. The van der Waals surface area contributed by atoms with Crippen molar-refractivity contribution in [3.8, 4) is 0 Å². The van der Waals surface area contributed by atoms with Gasteiger partial charge >= 0.3 is 0 Å². The molecule has 0 saturated carbocycles. The van der Waals surface area contributed by atoms with Crippen molar-refractivity contribution >= 4 is 29.9 Å². The predicted octanol–water partition coefficient (Wildman–Crippen LogP) is 2.67. The molecule has 0 unspecified atom stereocenters. The molecule has 0 amide bonds. The van der Waals surface area contributed by atoms with Crippen molar-refractivity contribution in [2.24, 2.45) is 4.99 Å². The second-order valence-corrected chi connectivity index (χ2v) is 6.01. The fourth-order valence-corrected chi connectivity index (χ4v) is 2.84. The number of nitrogens with zero attached hydrogens (tertiary/aromatic N) is 3. The Kier molecular flexibility index (Phi) is 11.8. The maximum atomic E-state index is 4.66. The van der Waals surface area contributed by atoms with Crippen LogP contribution in [0.5, 0.6) is 0 Å². The molecule has 1 aliphatic rings. The Morgan fingerprint density at radius 3 is 2.75 bits per heavy atom. The summed E-state index contributed by atoms with van der Waals surface area (Å²) in [7, 11) is 0. The lowest BCUT2D eigenvalue weighted by atomic mass is 10.3. The topological polar surface area (TPSA) is 52.6 Å². The fraction of sp³-hybridized carbons (Fsp3) is 0.667. The van der Waals surface area contributed by atoms with Crippen LogP contribution in [-0.4, -0.2) is 55.1 Å². The number of aliphatic imine (C=N–C) groups is 1. The van der Waals surface area contributed by atoms with Crippen molar-refractivity contribution in [2.45, 2.75) is 39.0 Å². The molecule has 0 radical (unpaired) electrons. The zero-order chi connectivity index (χ0) is 16.2. The van der Waals surface area contributed by atoms with E-state index in [-0.39, 0.29) is 24.0 Å². The van der Waals surface area contributed by atoms with Gasteiger partial charge in [-0.25, -0.2) is 0 Å². The molecular formula is C18H32IN5. The quantitative estimate of drug-likeness (QED) is 0.266. The van der Waals surface area contributed by atoms with Crippen LogP contribution in [0.2, 0.25) is 0 Å². The first kappa shape index (κ1) is 21.2. The van der Waals surface area contributed by atoms with E-state index >= 15 is 0 Å². The molecule has 5 nitrogen and oxygen atoms in total. The smallest absolute Gasteiger partial charge is 0.191 e. The Labute approximate surface area is 163 Å². The van der Waals surface area contributed by atoms with Gasteiger partial charge in [0, 0.05) is 37.9 Å². The zero-order valence-corrected chi connectivity index (χ0v) is 17.2. The van der Waals surface area contributed by atoms with Crippen LogP contribution in [0, 0.1) is 0 Å². The van der Waals surface area contributed by atoms with Gasteiger partial charge in [0.05, 0.1) is 0 Å². The largest absolute Gasteiger partial charge is 0.357 e. The number of halogens is 1. The lowest BCUT2D eigenvalue weighted by Gasteiger charge is -2.14. The normalized spacial score (nSPS) is 15.1. The lowest BCUT2D eigenvalue weighted by Crippen LogP contribution is -2.38. The van der Waals surface area contributed by atoms with E-state index in [2.05, 4.69) is 38.5 Å². The SMILES string of the molecule is CCNC(=NCCCCN1CCCC1)NCCc1ccccn1.I. The highest BCUT2D eigenvalue weighted by Crippen LogP contribution is 2.08. The summed E-state index contributed by atoms with van der Waals surface area (Å²) in [4.78, 5) is 11.6. The van der Waals surface area contributed by atoms with Gasteiger partial charge in [-0.05, 0) is 64.4 Å². The van der Waals surface area contributed by atoms with Gasteiger partial charge in [0.25, 0.3) is 0 Å². The molecule has 0 bridgehead atoms. The van der Waals surface area contributed by atoms with Crippen molar-refractivity contribution in [1.29, 1.82) is 0 Å². The molecule has 24 heavy (non-hydrogen) atoms. The predicted molar refractivity (Wildman–Crippen MR) is 112 cm³/mol. The molecule has 1 saturated heterocycles. The number of pyridine rings is 1. The molecular weight excluding hydrogens is 413 g/mol. The highest BCUT2D eigenvalue weighted by Gasteiger charge is 2.09. The van der Waals surface area contributed by atoms with Crippen LogP contribution in [0.25, 0.3) is 0 Å². The molecule has 2 rings (SSSR count). The van der Waals surface area contributed by atoms with Crippen LogP contribution in [0.15, 0.2) is 29.4 Å². The average Bonchev–Trinajstić information content (AvgIpc) is 3.09. The van der Waals surface area contributed by atoms with Crippen LogP contribution in [-0.2, 0) is 6.42 Å². The van der Waals surface area contributed by atoms with Crippen molar-refractivity contribution in [3.63, 3.8) is 0 Å². The third-order valence-corrected chi connectivity index (χ3v) is 4.10. The van der Waals surface area contributed by atoms with Crippen LogP contribution in [0.4, 0.5) is 0 Å². The van der Waals surface area contributed by atoms with Crippen molar-refractivity contribution in [3.05, 3.63) is 30.1 Å². The number of guanidine groups is 1.